The minimum Gasteiger partial charge on any atom is -0.324 e. The summed E-state index contributed by atoms with van der Waals surface area (Å²) >= 11 is 0. The molecule has 3 heterocycles. The van der Waals surface area contributed by atoms with Crippen LogP contribution in [0.2, 0.25) is 0 Å². The third-order valence-corrected chi connectivity index (χ3v) is 5.26. The molecule has 7 nitrogen and oxygen atoms in total. The number of pyridine rings is 1. The summed E-state index contributed by atoms with van der Waals surface area (Å²) < 4.78 is 30.4. The maximum absolute atomic E-state index is 14.2. The molecule has 3 aromatic heterocycles. The Morgan fingerprint density at radius 1 is 0.935 bits per heavy atom. The first-order valence-corrected chi connectivity index (χ1v) is 9.82. The van der Waals surface area contributed by atoms with Crippen LogP contribution in [0.15, 0.2) is 48.9 Å². The fourth-order valence-corrected chi connectivity index (χ4v) is 3.84. The second kappa shape index (κ2) is 8.63. The van der Waals surface area contributed by atoms with Crippen molar-refractivity contribution in [3.05, 3.63) is 60.6 Å². The average Bonchev–Trinajstić information content (AvgIpc) is 3.39. The van der Waals surface area contributed by atoms with E-state index in [2.05, 4.69) is 30.6 Å². The SMILES string of the molecule is C.Fc1cccc(F)c1Nc1nc2cnc(Nc3ccncc3)nc2n1C1CCCC1. The van der Waals surface area contributed by atoms with Gasteiger partial charge in [-0.15, -0.1) is 0 Å². The van der Waals surface area contributed by atoms with Crippen LogP contribution in [-0.4, -0.2) is 24.5 Å². The molecule has 31 heavy (non-hydrogen) atoms. The summed E-state index contributed by atoms with van der Waals surface area (Å²) in [5.41, 5.74) is 1.76. The Kier molecular flexibility index (Phi) is 5.75. The Balaban J connectivity index is 0.00000231. The fraction of sp³-hybridized carbons (Fsp3) is 0.273. The number of rotatable bonds is 5. The van der Waals surface area contributed by atoms with Gasteiger partial charge in [0, 0.05) is 24.1 Å². The van der Waals surface area contributed by atoms with E-state index < -0.39 is 11.6 Å². The van der Waals surface area contributed by atoms with Crippen molar-refractivity contribution in [2.45, 2.75) is 39.2 Å². The van der Waals surface area contributed by atoms with Gasteiger partial charge < -0.3 is 10.6 Å². The van der Waals surface area contributed by atoms with Crippen molar-refractivity contribution < 1.29 is 8.78 Å². The maximum Gasteiger partial charge on any atom is 0.229 e. The summed E-state index contributed by atoms with van der Waals surface area (Å²) in [6, 6.07) is 7.54. The smallest absolute Gasteiger partial charge is 0.229 e. The summed E-state index contributed by atoms with van der Waals surface area (Å²) in [6.45, 7) is 0. The Hall–Kier alpha value is -3.62. The molecule has 1 aliphatic rings. The van der Waals surface area contributed by atoms with Crippen molar-refractivity contribution in [1.29, 1.82) is 0 Å². The molecule has 0 aliphatic heterocycles. The van der Waals surface area contributed by atoms with E-state index in [-0.39, 0.29) is 19.2 Å². The van der Waals surface area contributed by atoms with Crippen molar-refractivity contribution in [1.82, 2.24) is 24.5 Å². The molecule has 0 unspecified atom stereocenters. The highest BCUT2D eigenvalue weighted by Gasteiger charge is 2.25. The van der Waals surface area contributed by atoms with E-state index >= 15 is 0 Å². The Morgan fingerprint density at radius 3 is 2.35 bits per heavy atom. The van der Waals surface area contributed by atoms with E-state index in [1.54, 1.807) is 18.6 Å². The van der Waals surface area contributed by atoms with Crippen LogP contribution < -0.4 is 10.6 Å². The zero-order valence-electron chi connectivity index (χ0n) is 16.0. The summed E-state index contributed by atoms with van der Waals surface area (Å²) in [6.07, 6.45) is 9.05. The van der Waals surface area contributed by atoms with Gasteiger partial charge in [0.2, 0.25) is 11.9 Å². The number of halogens is 2. The standard InChI is InChI=1S/C21H19F2N7.CH4/c22-15-6-3-7-16(23)18(15)28-21-27-17-12-25-20(26-13-8-10-24-11-9-13)29-19(17)30(21)14-4-1-2-5-14;/h3,6-12,14H,1-2,4-5H2,(H,27,28)(H,24,25,26,29);1H4. The molecule has 0 bridgehead atoms. The van der Waals surface area contributed by atoms with Crippen molar-refractivity contribution >= 4 is 34.4 Å². The quantitative estimate of drug-likeness (QED) is 0.426. The van der Waals surface area contributed by atoms with E-state index in [1.165, 1.54) is 18.2 Å². The van der Waals surface area contributed by atoms with Gasteiger partial charge in [-0.25, -0.2) is 18.7 Å². The molecule has 0 radical (unpaired) electrons. The van der Waals surface area contributed by atoms with Crippen molar-refractivity contribution in [2.24, 2.45) is 0 Å². The molecule has 5 rings (SSSR count). The summed E-state index contributed by atoms with van der Waals surface area (Å²) in [7, 11) is 0. The van der Waals surface area contributed by atoms with Gasteiger partial charge in [-0.1, -0.05) is 26.3 Å². The fourth-order valence-electron chi connectivity index (χ4n) is 3.84. The van der Waals surface area contributed by atoms with E-state index in [4.69, 9.17) is 0 Å². The normalized spacial score (nSPS) is 13.9. The van der Waals surface area contributed by atoms with Crippen LogP contribution in [0.1, 0.15) is 39.2 Å². The van der Waals surface area contributed by atoms with Crippen molar-refractivity contribution in [3.8, 4) is 0 Å². The molecule has 9 heteroatoms. The zero-order valence-corrected chi connectivity index (χ0v) is 16.0. The lowest BCUT2D eigenvalue weighted by molar-refractivity contribution is 0.533. The number of fused-ring (bicyclic) bond motifs is 1. The van der Waals surface area contributed by atoms with E-state index in [0.29, 0.717) is 23.1 Å². The predicted molar refractivity (Wildman–Crippen MR) is 117 cm³/mol. The van der Waals surface area contributed by atoms with Gasteiger partial charge in [0.05, 0.1) is 6.20 Å². The van der Waals surface area contributed by atoms with Crippen LogP contribution in [0.4, 0.5) is 32.1 Å². The van der Waals surface area contributed by atoms with Crippen molar-refractivity contribution in [2.75, 3.05) is 10.6 Å². The van der Waals surface area contributed by atoms with E-state index in [9.17, 15) is 8.78 Å². The minimum absolute atomic E-state index is 0. The van der Waals surface area contributed by atoms with Crippen LogP contribution in [0.25, 0.3) is 11.2 Å². The first kappa shape index (κ1) is 20.6. The molecule has 0 atom stereocenters. The lowest BCUT2D eigenvalue weighted by Gasteiger charge is -2.17. The molecule has 1 aliphatic carbocycles. The number of benzene rings is 1. The van der Waals surface area contributed by atoms with E-state index in [0.717, 1.165) is 31.4 Å². The first-order valence-electron chi connectivity index (χ1n) is 9.82. The monoisotopic (exact) mass is 423 g/mol. The van der Waals surface area contributed by atoms with Crippen LogP contribution in [0, 0.1) is 11.6 Å². The largest absolute Gasteiger partial charge is 0.324 e. The number of anilines is 4. The number of nitrogens with zero attached hydrogens (tertiary/aromatic N) is 5. The summed E-state index contributed by atoms with van der Waals surface area (Å²) in [4.78, 5) is 17.5. The van der Waals surface area contributed by atoms with E-state index in [1.807, 2.05) is 16.7 Å². The maximum atomic E-state index is 14.2. The Labute approximate surface area is 178 Å². The number of nitrogens with one attached hydrogen (secondary N) is 2. The van der Waals surface area contributed by atoms with Crippen LogP contribution in [-0.2, 0) is 0 Å². The van der Waals surface area contributed by atoms with Gasteiger partial charge in [0.1, 0.15) is 22.8 Å². The second-order valence-electron chi connectivity index (χ2n) is 7.23. The highest BCUT2D eigenvalue weighted by molar-refractivity contribution is 5.77. The molecule has 2 N–H and O–H groups in total. The molecular formula is C22H23F2N7. The third-order valence-electron chi connectivity index (χ3n) is 5.26. The van der Waals surface area contributed by atoms with Gasteiger partial charge in [0.25, 0.3) is 0 Å². The van der Waals surface area contributed by atoms with Gasteiger partial charge in [-0.05, 0) is 37.1 Å². The lowest BCUT2D eigenvalue weighted by Crippen LogP contribution is -2.11. The molecular weight excluding hydrogens is 400 g/mol. The van der Waals surface area contributed by atoms with Gasteiger partial charge >= 0.3 is 0 Å². The third kappa shape index (κ3) is 4.03. The number of hydrogen-bond donors (Lipinski definition) is 2. The number of para-hydroxylation sites is 1. The lowest BCUT2D eigenvalue weighted by atomic mass is 10.2. The van der Waals surface area contributed by atoms with Crippen LogP contribution >= 0.6 is 0 Å². The minimum atomic E-state index is -0.675. The van der Waals surface area contributed by atoms with Crippen LogP contribution in [0.5, 0.6) is 0 Å². The van der Waals surface area contributed by atoms with Crippen molar-refractivity contribution in [3.63, 3.8) is 0 Å². The van der Waals surface area contributed by atoms with Crippen LogP contribution in [0.3, 0.4) is 0 Å². The highest BCUT2D eigenvalue weighted by atomic mass is 19.1. The Bertz CT molecular complexity index is 1170. The molecule has 160 valence electrons. The van der Waals surface area contributed by atoms with Gasteiger partial charge in [0.15, 0.2) is 5.65 Å². The summed E-state index contributed by atoms with van der Waals surface area (Å²) in [5.74, 6) is -0.579. The average molecular weight is 423 g/mol. The highest BCUT2D eigenvalue weighted by Crippen LogP contribution is 2.36. The molecule has 4 aromatic rings. The number of aromatic nitrogens is 5. The molecule has 0 amide bonds. The molecule has 1 aromatic carbocycles. The van der Waals surface area contributed by atoms with Gasteiger partial charge in [-0.3, -0.25) is 9.55 Å². The Morgan fingerprint density at radius 2 is 1.65 bits per heavy atom. The predicted octanol–water partition coefficient (Wildman–Crippen LogP) is 5.74. The number of imidazole rings is 1. The molecule has 1 saturated carbocycles. The molecule has 0 saturated heterocycles. The number of hydrogen-bond acceptors (Lipinski definition) is 6. The topological polar surface area (TPSA) is 80.6 Å². The first-order chi connectivity index (χ1) is 14.7. The zero-order chi connectivity index (χ0) is 20.5. The molecule has 1 fully saturated rings. The second-order valence-corrected chi connectivity index (χ2v) is 7.23. The molecule has 0 spiro atoms. The van der Waals surface area contributed by atoms with Gasteiger partial charge in [-0.2, -0.15) is 4.98 Å². The summed E-state index contributed by atoms with van der Waals surface area (Å²) in [5, 5.41) is 6.00.